The fraction of sp³-hybridized carbons (Fsp3) is 0.216. The topological polar surface area (TPSA) is 159 Å². The second-order valence-corrected chi connectivity index (χ2v) is 11.9. The van der Waals surface area contributed by atoms with Crippen molar-refractivity contribution in [1.82, 2.24) is 50.5 Å². The summed E-state index contributed by atoms with van der Waals surface area (Å²) in [5, 5.41) is 35.7. The number of hydrogen-bond acceptors (Lipinski definition) is 10. The molecule has 12 heteroatoms. The van der Waals surface area contributed by atoms with Crippen molar-refractivity contribution in [1.29, 1.82) is 0 Å². The van der Waals surface area contributed by atoms with Crippen molar-refractivity contribution >= 4 is 22.9 Å². The Morgan fingerprint density at radius 3 is 1.76 bits per heavy atom. The Kier molecular flexibility index (Phi) is 9.67. The van der Waals surface area contributed by atoms with Gasteiger partial charge in [-0.3, -0.25) is 4.79 Å². The molecule has 0 amide bonds. The molecule has 4 aromatic heterocycles. The number of hydrogen-bond donors (Lipinski definition) is 4. The van der Waals surface area contributed by atoms with Crippen molar-refractivity contribution < 1.29 is 5.11 Å². The predicted molar refractivity (Wildman–Crippen MR) is 190 cm³/mol. The molecule has 2 saturated heterocycles. The van der Waals surface area contributed by atoms with E-state index in [1.165, 1.54) is 11.1 Å². The van der Waals surface area contributed by atoms with E-state index in [4.69, 9.17) is 0 Å². The summed E-state index contributed by atoms with van der Waals surface area (Å²) >= 11 is 0. The molecular weight excluding hydrogens is 616 g/mol. The largest absolute Gasteiger partial charge is 0.507 e. The van der Waals surface area contributed by atoms with Crippen LogP contribution in [0.1, 0.15) is 37.3 Å². The lowest BCUT2D eigenvalue weighted by Gasteiger charge is -2.14. The van der Waals surface area contributed by atoms with Gasteiger partial charge in [-0.1, -0.05) is 35.4 Å². The van der Waals surface area contributed by atoms with Crippen LogP contribution in [-0.2, 0) is 0 Å². The van der Waals surface area contributed by atoms with Gasteiger partial charge in [0, 0.05) is 30.2 Å². The van der Waals surface area contributed by atoms with E-state index in [1.54, 1.807) is 30.7 Å². The quantitative estimate of drug-likeness (QED) is 0.201. The summed E-state index contributed by atoms with van der Waals surface area (Å²) in [6, 6.07) is 16.9. The van der Waals surface area contributed by atoms with Crippen LogP contribution in [0.15, 0.2) is 102 Å². The first-order chi connectivity index (χ1) is 24.1. The molecule has 2 aromatic carbocycles. The van der Waals surface area contributed by atoms with E-state index in [1.807, 2.05) is 71.6 Å². The highest BCUT2D eigenvalue weighted by Crippen LogP contribution is 2.31. The number of aromatic nitrogens is 8. The van der Waals surface area contributed by atoms with E-state index < -0.39 is 0 Å². The van der Waals surface area contributed by atoms with Crippen LogP contribution in [0, 0.1) is 0 Å². The highest BCUT2D eigenvalue weighted by Gasteiger charge is 2.12. The van der Waals surface area contributed by atoms with Gasteiger partial charge in [0.1, 0.15) is 23.0 Å². The minimum Gasteiger partial charge on any atom is -0.507 e. The van der Waals surface area contributed by atoms with Gasteiger partial charge in [-0.2, -0.15) is 0 Å². The molecule has 2 aliphatic rings. The summed E-state index contributed by atoms with van der Waals surface area (Å²) in [6.45, 7) is 3.98. The Morgan fingerprint density at radius 2 is 1.22 bits per heavy atom. The van der Waals surface area contributed by atoms with Gasteiger partial charge in [0.2, 0.25) is 0 Å². The summed E-state index contributed by atoms with van der Waals surface area (Å²) in [6.07, 6.45) is 16.7. The molecule has 4 N–H and O–H groups in total. The van der Waals surface area contributed by atoms with Crippen LogP contribution in [0.2, 0.25) is 0 Å². The summed E-state index contributed by atoms with van der Waals surface area (Å²) in [4.78, 5) is 24.2. The molecule has 246 valence electrons. The molecule has 0 atom stereocenters. The molecule has 2 fully saturated rings. The maximum Gasteiger partial charge on any atom is 0.193 e. The van der Waals surface area contributed by atoms with Crippen LogP contribution >= 0.6 is 0 Å². The van der Waals surface area contributed by atoms with Gasteiger partial charge >= 0.3 is 0 Å². The van der Waals surface area contributed by atoms with Crippen molar-refractivity contribution in [3.05, 3.63) is 119 Å². The number of benzene rings is 2. The van der Waals surface area contributed by atoms with Crippen molar-refractivity contribution in [2.24, 2.45) is 0 Å². The molecule has 12 nitrogen and oxygen atoms in total. The Bertz CT molecular complexity index is 2140. The van der Waals surface area contributed by atoms with Crippen LogP contribution in [0.3, 0.4) is 0 Å². The molecule has 49 heavy (non-hydrogen) atoms. The second kappa shape index (κ2) is 14.9. The smallest absolute Gasteiger partial charge is 0.193 e. The number of aromatic hydroxyl groups is 1. The van der Waals surface area contributed by atoms with E-state index >= 15 is 0 Å². The first-order valence-electron chi connectivity index (χ1n) is 16.4. The number of phenols is 1. The van der Waals surface area contributed by atoms with Gasteiger partial charge in [-0.15, -0.1) is 20.4 Å². The van der Waals surface area contributed by atoms with Gasteiger partial charge in [0.15, 0.2) is 17.1 Å². The second-order valence-electron chi connectivity index (χ2n) is 11.9. The molecule has 8 rings (SSSR count). The third-order valence-electron chi connectivity index (χ3n) is 8.51. The number of pyridine rings is 1. The molecule has 2 aliphatic heterocycles. The fourth-order valence-corrected chi connectivity index (χ4v) is 5.84. The molecule has 6 aromatic rings. The first kappa shape index (κ1) is 31.7. The number of phenolic OH excluding ortho intramolecular Hbond substituents is 1. The molecule has 0 aliphatic carbocycles. The monoisotopic (exact) mass is 652 g/mol. The lowest BCUT2D eigenvalue weighted by molar-refractivity contribution is 0.478. The zero-order valence-electron chi connectivity index (χ0n) is 26.9. The average molecular weight is 653 g/mol. The Labute approximate surface area is 282 Å². The van der Waals surface area contributed by atoms with Crippen molar-refractivity contribution in [2.45, 2.75) is 25.7 Å². The highest BCUT2D eigenvalue weighted by molar-refractivity contribution is 5.89. The molecule has 0 saturated carbocycles. The lowest BCUT2D eigenvalue weighted by Crippen LogP contribution is -2.23. The van der Waals surface area contributed by atoms with Gasteiger partial charge in [0.25, 0.3) is 0 Å². The van der Waals surface area contributed by atoms with E-state index in [0.717, 1.165) is 62.6 Å². The Morgan fingerprint density at radius 1 is 0.673 bits per heavy atom. The van der Waals surface area contributed by atoms with Gasteiger partial charge in [-0.05, 0) is 99.1 Å². The van der Waals surface area contributed by atoms with E-state index in [0.29, 0.717) is 40.0 Å². The SMILES string of the molecule is O=c1cc(-n2cccc2)[nH]cc1-c1cnc(C=C2CCNCC2)nn1.Oc1cc2ccccc2cc1-c1cnc(C=C2CCNCC2)nn1. The van der Waals surface area contributed by atoms with Crippen LogP contribution in [0.4, 0.5) is 0 Å². The number of aromatic amines is 1. The van der Waals surface area contributed by atoms with E-state index in [-0.39, 0.29) is 11.2 Å². The summed E-state index contributed by atoms with van der Waals surface area (Å²) in [7, 11) is 0. The van der Waals surface area contributed by atoms with Crippen LogP contribution in [0.25, 0.3) is 51.3 Å². The highest BCUT2D eigenvalue weighted by atomic mass is 16.3. The van der Waals surface area contributed by atoms with Crippen molar-refractivity contribution in [2.75, 3.05) is 26.2 Å². The molecule has 0 spiro atoms. The third-order valence-corrected chi connectivity index (χ3v) is 8.51. The van der Waals surface area contributed by atoms with Crippen LogP contribution in [0.5, 0.6) is 5.75 Å². The van der Waals surface area contributed by atoms with Gasteiger partial charge < -0.3 is 25.3 Å². The number of nitrogens with zero attached hydrogens (tertiary/aromatic N) is 7. The molecule has 6 heterocycles. The normalized spacial score (nSPS) is 14.6. The fourth-order valence-electron chi connectivity index (χ4n) is 5.84. The zero-order chi connectivity index (χ0) is 33.4. The number of fused-ring (bicyclic) bond motifs is 1. The minimum absolute atomic E-state index is 0.122. The maximum absolute atomic E-state index is 12.4. The number of H-pyrrole nitrogens is 1. The van der Waals surface area contributed by atoms with Gasteiger partial charge in [-0.25, -0.2) is 9.97 Å². The first-order valence-corrected chi connectivity index (χ1v) is 16.4. The van der Waals surface area contributed by atoms with E-state index in [2.05, 4.69) is 46.0 Å². The Balaban J connectivity index is 0.000000154. The standard InChI is InChI=1S/C19H18N4O.C18H18N6O/c24-18-11-15-4-2-1-3-14(15)10-16(18)17-12-21-19(23-22-17)9-13-5-7-20-8-6-13;25-16-10-18(24-7-1-2-8-24)21-11-14(16)15-12-20-17(23-22-15)9-13-3-5-19-6-4-13/h1-4,9-12,20,24H,5-8H2;1-2,7-12,19H,3-6H2,(H,21,25). The number of piperidine rings is 2. The van der Waals surface area contributed by atoms with Gasteiger partial charge in [0.05, 0.1) is 18.0 Å². The summed E-state index contributed by atoms with van der Waals surface area (Å²) in [5.74, 6) is 2.10. The maximum atomic E-state index is 12.4. The molecular formula is C37H36N10O2. The van der Waals surface area contributed by atoms with E-state index in [9.17, 15) is 9.90 Å². The zero-order valence-corrected chi connectivity index (χ0v) is 26.9. The number of nitrogens with one attached hydrogen (secondary N) is 3. The van der Waals surface area contributed by atoms with Crippen molar-refractivity contribution in [3.63, 3.8) is 0 Å². The predicted octanol–water partition coefficient (Wildman–Crippen LogP) is 4.95. The third kappa shape index (κ3) is 7.83. The molecule has 0 radical (unpaired) electrons. The molecule has 0 unspecified atom stereocenters. The Hall–Kier alpha value is -5.85. The minimum atomic E-state index is -0.122. The number of rotatable bonds is 5. The van der Waals surface area contributed by atoms with Crippen LogP contribution in [-0.4, -0.2) is 71.2 Å². The molecule has 0 bridgehead atoms. The van der Waals surface area contributed by atoms with Crippen molar-refractivity contribution in [3.8, 4) is 34.1 Å². The summed E-state index contributed by atoms with van der Waals surface area (Å²) in [5.41, 5.74) is 4.69. The van der Waals surface area contributed by atoms with Crippen LogP contribution < -0.4 is 16.1 Å². The lowest BCUT2D eigenvalue weighted by atomic mass is 10.0. The summed E-state index contributed by atoms with van der Waals surface area (Å²) < 4.78 is 1.84. The average Bonchev–Trinajstić information content (AvgIpc) is 3.69.